The van der Waals surface area contributed by atoms with Crippen LogP contribution in [0.1, 0.15) is 5.56 Å². The van der Waals surface area contributed by atoms with Gasteiger partial charge in [0.25, 0.3) is 10.0 Å². The van der Waals surface area contributed by atoms with Gasteiger partial charge in [-0.25, -0.2) is 8.42 Å². The molecule has 18 heavy (non-hydrogen) atoms. The molecule has 0 fully saturated rings. The minimum atomic E-state index is -3.52. The van der Waals surface area contributed by atoms with Gasteiger partial charge in [-0.3, -0.25) is 4.72 Å². The van der Waals surface area contributed by atoms with Crippen molar-refractivity contribution < 1.29 is 8.42 Å². The van der Waals surface area contributed by atoms with E-state index in [9.17, 15) is 8.42 Å². The Morgan fingerprint density at radius 3 is 2.28 bits per heavy atom. The highest BCUT2D eigenvalue weighted by molar-refractivity contribution is 14.1. The van der Waals surface area contributed by atoms with Crippen LogP contribution in [-0.2, 0) is 10.0 Å². The molecule has 3 nitrogen and oxygen atoms in total. The average Bonchev–Trinajstić information content (AvgIpc) is 2.32. The number of nitrogens with one attached hydrogen (secondary N) is 1. The van der Waals surface area contributed by atoms with Gasteiger partial charge in [0.05, 0.1) is 10.6 Å². The molecule has 0 heterocycles. The Bertz CT molecular complexity index is 668. The van der Waals surface area contributed by atoms with Crippen LogP contribution in [0, 0.1) is 10.5 Å². The summed E-state index contributed by atoms with van der Waals surface area (Å²) in [6.45, 7) is 1.78. The van der Waals surface area contributed by atoms with Gasteiger partial charge in [0.1, 0.15) is 0 Å². The summed E-state index contributed by atoms with van der Waals surface area (Å²) in [6.07, 6.45) is 0. The van der Waals surface area contributed by atoms with Crippen LogP contribution in [0.2, 0.25) is 0 Å². The third-order valence-corrected chi connectivity index (χ3v) is 4.97. The molecule has 0 bridgehead atoms. The van der Waals surface area contributed by atoms with Crippen molar-refractivity contribution in [2.24, 2.45) is 0 Å². The summed E-state index contributed by atoms with van der Waals surface area (Å²) in [5.41, 5.74) is 1.33. The van der Waals surface area contributed by atoms with Crippen molar-refractivity contribution in [2.75, 3.05) is 4.72 Å². The minimum absolute atomic E-state index is 0.310. The number of para-hydroxylation sites is 1. The van der Waals surface area contributed by atoms with Crippen LogP contribution in [0.25, 0.3) is 0 Å². The fourth-order valence-corrected chi connectivity index (χ4v) is 3.63. The van der Waals surface area contributed by atoms with Crippen molar-refractivity contribution >= 4 is 38.3 Å². The quantitative estimate of drug-likeness (QED) is 0.839. The van der Waals surface area contributed by atoms with Crippen LogP contribution >= 0.6 is 22.6 Å². The highest BCUT2D eigenvalue weighted by Gasteiger charge is 2.17. The van der Waals surface area contributed by atoms with Crippen molar-refractivity contribution in [3.05, 3.63) is 57.7 Å². The van der Waals surface area contributed by atoms with E-state index >= 15 is 0 Å². The van der Waals surface area contributed by atoms with E-state index in [1.54, 1.807) is 37.3 Å². The molecular formula is C13H12INO2S. The normalized spacial score (nSPS) is 11.2. The molecule has 94 valence electrons. The van der Waals surface area contributed by atoms with Crippen LogP contribution in [0.5, 0.6) is 0 Å². The molecule has 2 aromatic carbocycles. The zero-order valence-corrected chi connectivity index (χ0v) is 12.7. The Balaban J connectivity index is 2.40. The molecule has 2 rings (SSSR count). The third kappa shape index (κ3) is 2.84. The number of halogens is 1. The van der Waals surface area contributed by atoms with Gasteiger partial charge in [-0.15, -0.1) is 0 Å². The topological polar surface area (TPSA) is 46.2 Å². The zero-order valence-electron chi connectivity index (χ0n) is 9.72. The number of hydrogen-bond acceptors (Lipinski definition) is 2. The Morgan fingerprint density at radius 1 is 1.00 bits per heavy atom. The molecule has 0 aliphatic heterocycles. The number of rotatable bonds is 3. The first-order valence-corrected chi connectivity index (χ1v) is 7.90. The Morgan fingerprint density at radius 2 is 1.61 bits per heavy atom. The largest absolute Gasteiger partial charge is 0.279 e. The van der Waals surface area contributed by atoms with E-state index in [1.807, 2.05) is 18.2 Å². The highest BCUT2D eigenvalue weighted by atomic mass is 127. The molecule has 5 heteroatoms. The summed E-state index contributed by atoms with van der Waals surface area (Å²) in [5, 5.41) is 0. The molecule has 1 N–H and O–H groups in total. The maximum absolute atomic E-state index is 12.3. The predicted molar refractivity (Wildman–Crippen MR) is 81.1 cm³/mol. The van der Waals surface area contributed by atoms with E-state index in [1.165, 1.54) is 0 Å². The standard InChI is InChI=1S/C13H12INO2S/c1-10-6-2-5-9-13(10)18(16,17)15-12-8-4-3-7-11(12)14/h2-9,15H,1H3. The van der Waals surface area contributed by atoms with Crippen LogP contribution < -0.4 is 4.72 Å². The van der Waals surface area contributed by atoms with Gasteiger partial charge in [-0.1, -0.05) is 30.3 Å². The molecule has 0 radical (unpaired) electrons. The Kier molecular flexibility index (Phi) is 3.91. The monoisotopic (exact) mass is 373 g/mol. The highest BCUT2D eigenvalue weighted by Crippen LogP contribution is 2.22. The molecule has 0 saturated heterocycles. The van der Waals surface area contributed by atoms with Gasteiger partial charge in [0.2, 0.25) is 0 Å². The van der Waals surface area contributed by atoms with Crippen molar-refractivity contribution in [3.8, 4) is 0 Å². The van der Waals surface area contributed by atoms with Crippen molar-refractivity contribution in [1.29, 1.82) is 0 Å². The summed E-state index contributed by atoms with van der Waals surface area (Å²) in [6, 6.07) is 14.2. The summed E-state index contributed by atoms with van der Waals surface area (Å²) < 4.78 is 28.0. The number of sulfonamides is 1. The lowest BCUT2D eigenvalue weighted by molar-refractivity contribution is 0.600. The molecule has 0 aliphatic rings. The van der Waals surface area contributed by atoms with E-state index in [0.717, 1.165) is 9.13 Å². The minimum Gasteiger partial charge on any atom is -0.279 e. The van der Waals surface area contributed by atoms with E-state index in [0.29, 0.717) is 10.6 Å². The summed E-state index contributed by atoms with van der Waals surface area (Å²) in [7, 11) is -3.52. The first kappa shape index (κ1) is 13.4. The number of aryl methyl sites for hydroxylation is 1. The number of benzene rings is 2. The fourth-order valence-electron chi connectivity index (χ4n) is 1.60. The molecule has 0 atom stereocenters. The molecule has 0 spiro atoms. The van der Waals surface area contributed by atoms with Crippen LogP contribution in [-0.4, -0.2) is 8.42 Å². The zero-order chi connectivity index (χ0) is 13.2. The van der Waals surface area contributed by atoms with Crippen molar-refractivity contribution in [1.82, 2.24) is 0 Å². The maximum atomic E-state index is 12.3. The first-order valence-electron chi connectivity index (χ1n) is 5.34. The van der Waals surface area contributed by atoms with Crippen LogP contribution in [0.4, 0.5) is 5.69 Å². The second-order valence-electron chi connectivity index (χ2n) is 3.85. The number of hydrogen-bond donors (Lipinski definition) is 1. The molecule has 0 aromatic heterocycles. The van der Waals surface area contributed by atoms with E-state index in [4.69, 9.17) is 0 Å². The lowest BCUT2D eigenvalue weighted by Crippen LogP contribution is -2.14. The molecule has 0 unspecified atom stereocenters. The summed E-state index contributed by atoms with van der Waals surface area (Å²) in [4.78, 5) is 0.310. The second-order valence-corrected chi connectivity index (χ2v) is 6.66. The fraction of sp³-hybridized carbons (Fsp3) is 0.0769. The Hall–Kier alpha value is -1.08. The molecular weight excluding hydrogens is 361 g/mol. The summed E-state index contributed by atoms with van der Waals surface area (Å²) in [5.74, 6) is 0. The second kappa shape index (κ2) is 5.27. The lowest BCUT2D eigenvalue weighted by Gasteiger charge is -2.11. The van der Waals surface area contributed by atoms with Crippen molar-refractivity contribution in [2.45, 2.75) is 11.8 Å². The van der Waals surface area contributed by atoms with E-state index in [2.05, 4.69) is 27.3 Å². The van der Waals surface area contributed by atoms with Gasteiger partial charge < -0.3 is 0 Å². The molecule has 0 saturated carbocycles. The third-order valence-electron chi connectivity index (χ3n) is 2.50. The van der Waals surface area contributed by atoms with Crippen molar-refractivity contribution in [3.63, 3.8) is 0 Å². The molecule has 0 amide bonds. The van der Waals surface area contributed by atoms with E-state index < -0.39 is 10.0 Å². The summed E-state index contributed by atoms with van der Waals surface area (Å²) >= 11 is 2.10. The predicted octanol–water partition coefficient (Wildman–Crippen LogP) is 3.40. The lowest BCUT2D eigenvalue weighted by atomic mass is 10.2. The van der Waals surface area contributed by atoms with Gasteiger partial charge >= 0.3 is 0 Å². The van der Waals surface area contributed by atoms with Gasteiger partial charge in [-0.05, 0) is 53.3 Å². The first-order chi connectivity index (χ1) is 8.50. The molecule has 2 aromatic rings. The maximum Gasteiger partial charge on any atom is 0.262 e. The van der Waals surface area contributed by atoms with Gasteiger partial charge in [-0.2, -0.15) is 0 Å². The van der Waals surface area contributed by atoms with Gasteiger partial charge in [0, 0.05) is 3.57 Å². The van der Waals surface area contributed by atoms with Gasteiger partial charge in [0.15, 0.2) is 0 Å². The molecule has 0 aliphatic carbocycles. The average molecular weight is 373 g/mol. The van der Waals surface area contributed by atoms with Crippen LogP contribution in [0.15, 0.2) is 53.4 Å². The smallest absolute Gasteiger partial charge is 0.262 e. The number of anilines is 1. The van der Waals surface area contributed by atoms with E-state index in [-0.39, 0.29) is 0 Å². The Labute approximate surface area is 120 Å². The van der Waals surface area contributed by atoms with Crippen LogP contribution in [0.3, 0.4) is 0 Å². The SMILES string of the molecule is Cc1ccccc1S(=O)(=O)Nc1ccccc1I.